The molecule has 5 heteroatoms. The summed E-state index contributed by atoms with van der Waals surface area (Å²) in [5.74, 6) is -0.308. The second-order valence-corrected chi connectivity index (χ2v) is 5.16. The quantitative estimate of drug-likeness (QED) is 0.608. The first-order valence-electron chi connectivity index (χ1n) is 4.84. The molecule has 3 amide bonds. The van der Waals surface area contributed by atoms with Crippen LogP contribution in [0.1, 0.15) is 18.1 Å². The van der Waals surface area contributed by atoms with E-state index >= 15 is 0 Å². The molecule has 0 spiro atoms. The van der Waals surface area contributed by atoms with Crippen LogP contribution in [0.2, 0.25) is 0 Å². The lowest BCUT2D eigenvalue weighted by Gasteiger charge is -2.21. The topological polar surface area (TPSA) is 58.2 Å². The lowest BCUT2D eigenvalue weighted by Crippen LogP contribution is -2.40. The van der Waals surface area contributed by atoms with Crippen LogP contribution < -0.4 is 10.6 Å². The van der Waals surface area contributed by atoms with E-state index in [2.05, 4.69) is 33.2 Å². The van der Waals surface area contributed by atoms with E-state index in [-0.39, 0.29) is 5.91 Å². The Kier molecular flexibility index (Phi) is 2.65. The number of aryl methyl sites for hydroxylation is 1. The van der Waals surface area contributed by atoms with E-state index in [1.807, 2.05) is 25.1 Å². The molecule has 0 bridgehead atoms. The zero-order valence-electron chi connectivity index (χ0n) is 8.93. The molecule has 84 valence electrons. The van der Waals surface area contributed by atoms with E-state index in [0.29, 0.717) is 0 Å². The zero-order valence-corrected chi connectivity index (χ0v) is 11.1. The maximum atomic E-state index is 11.7. The maximum absolute atomic E-state index is 11.7. The van der Waals surface area contributed by atoms with Gasteiger partial charge in [-0.05, 0) is 53.6 Å². The third-order valence-corrected chi connectivity index (χ3v) is 3.96. The van der Waals surface area contributed by atoms with Crippen molar-refractivity contribution in [3.63, 3.8) is 0 Å². The Balaban J connectivity index is 2.47. The average molecular weight is 330 g/mol. The summed E-state index contributed by atoms with van der Waals surface area (Å²) in [4.78, 5) is 22.9. The number of halogens is 1. The molecule has 4 nitrogen and oxygen atoms in total. The van der Waals surface area contributed by atoms with Crippen molar-refractivity contribution in [1.29, 1.82) is 0 Å². The van der Waals surface area contributed by atoms with Crippen LogP contribution in [0.25, 0.3) is 0 Å². The summed E-state index contributed by atoms with van der Waals surface area (Å²) in [7, 11) is 0. The molecule has 1 saturated heterocycles. The van der Waals surface area contributed by atoms with Crippen molar-refractivity contribution in [1.82, 2.24) is 10.6 Å². The molecule has 0 aliphatic carbocycles. The number of amides is 3. The number of benzene rings is 1. The van der Waals surface area contributed by atoms with Crippen molar-refractivity contribution in [3.05, 3.63) is 32.9 Å². The van der Waals surface area contributed by atoms with Crippen LogP contribution in [-0.4, -0.2) is 11.9 Å². The largest absolute Gasteiger partial charge is 0.322 e. The predicted octanol–water partition coefficient (Wildman–Crippen LogP) is 1.65. The Hall–Kier alpha value is -1.11. The van der Waals surface area contributed by atoms with Gasteiger partial charge in [0.05, 0.1) is 0 Å². The van der Waals surface area contributed by atoms with Crippen molar-refractivity contribution in [2.45, 2.75) is 19.4 Å². The van der Waals surface area contributed by atoms with Gasteiger partial charge in [0.25, 0.3) is 5.91 Å². The van der Waals surface area contributed by atoms with E-state index in [1.54, 1.807) is 6.92 Å². The van der Waals surface area contributed by atoms with Gasteiger partial charge < -0.3 is 5.32 Å². The number of urea groups is 1. The third kappa shape index (κ3) is 1.68. The molecule has 2 rings (SSSR count). The number of hydrogen-bond donors (Lipinski definition) is 2. The van der Waals surface area contributed by atoms with Crippen LogP contribution in [0.3, 0.4) is 0 Å². The standard InChI is InChI=1S/C11H11IN2O2/c1-6-3-4-7(5-8(6)12)11(2)9(15)13-10(16)14-11/h3-5H,1-2H3,(H2,13,14,15,16). The highest BCUT2D eigenvalue weighted by Gasteiger charge is 2.43. The van der Waals surface area contributed by atoms with Gasteiger partial charge in [-0.25, -0.2) is 4.79 Å². The predicted molar refractivity (Wildman–Crippen MR) is 67.9 cm³/mol. The fourth-order valence-corrected chi connectivity index (χ4v) is 2.17. The van der Waals surface area contributed by atoms with Gasteiger partial charge in [-0.1, -0.05) is 12.1 Å². The Labute approximate surface area is 107 Å². The highest BCUT2D eigenvalue weighted by atomic mass is 127. The molecule has 1 heterocycles. The highest BCUT2D eigenvalue weighted by Crippen LogP contribution is 2.26. The summed E-state index contributed by atoms with van der Waals surface area (Å²) < 4.78 is 1.07. The number of rotatable bonds is 1. The molecule has 1 aromatic carbocycles. The molecule has 1 fully saturated rings. The van der Waals surface area contributed by atoms with Crippen LogP contribution in [-0.2, 0) is 10.3 Å². The van der Waals surface area contributed by atoms with Gasteiger partial charge in [0, 0.05) is 3.57 Å². The SMILES string of the molecule is Cc1ccc(C2(C)NC(=O)NC2=O)cc1I. The van der Waals surface area contributed by atoms with Gasteiger partial charge in [0.2, 0.25) is 0 Å². The molecule has 1 unspecified atom stereocenters. The van der Waals surface area contributed by atoms with Gasteiger partial charge in [-0.3, -0.25) is 10.1 Å². The number of nitrogens with one attached hydrogen (secondary N) is 2. The average Bonchev–Trinajstić information content (AvgIpc) is 2.46. The molecule has 1 atom stereocenters. The zero-order chi connectivity index (χ0) is 11.9. The van der Waals surface area contributed by atoms with Gasteiger partial charge in [0.1, 0.15) is 5.54 Å². The molecule has 1 aliphatic heterocycles. The van der Waals surface area contributed by atoms with Crippen molar-refractivity contribution >= 4 is 34.5 Å². The van der Waals surface area contributed by atoms with Crippen LogP contribution in [0, 0.1) is 10.5 Å². The second-order valence-electron chi connectivity index (χ2n) is 4.00. The van der Waals surface area contributed by atoms with Crippen LogP contribution >= 0.6 is 22.6 Å². The summed E-state index contributed by atoms with van der Waals surface area (Å²) in [6.45, 7) is 3.70. The van der Waals surface area contributed by atoms with Crippen LogP contribution in [0.15, 0.2) is 18.2 Å². The van der Waals surface area contributed by atoms with E-state index < -0.39 is 11.6 Å². The summed E-state index contributed by atoms with van der Waals surface area (Å²) in [5, 5.41) is 4.89. The van der Waals surface area contributed by atoms with Gasteiger partial charge in [-0.2, -0.15) is 0 Å². The lowest BCUT2D eigenvalue weighted by atomic mass is 9.92. The first-order chi connectivity index (χ1) is 7.43. The molecule has 2 N–H and O–H groups in total. The van der Waals surface area contributed by atoms with Gasteiger partial charge >= 0.3 is 6.03 Å². The monoisotopic (exact) mass is 330 g/mol. The Morgan fingerprint density at radius 3 is 2.50 bits per heavy atom. The van der Waals surface area contributed by atoms with E-state index in [9.17, 15) is 9.59 Å². The van der Waals surface area contributed by atoms with Crippen molar-refractivity contribution in [3.8, 4) is 0 Å². The Bertz CT molecular complexity index is 487. The molecule has 0 aromatic heterocycles. The van der Waals surface area contributed by atoms with Crippen LogP contribution in [0.4, 0.5) is 4.79 Å². The minimum atomic E-state index is -0.954. The fraction of sp³-hybridized carbons (Fsp3) is 0.273. The number of imide groups is 1. The third-order valence-electron chi connectivity index (χ3n) is 2.79. The van der Waals surface area contributed by atoms with Crippen molar-refractivity contribution in [2.24, 2.45) is 0 Å². The van der Waals surface area contributed by atoms with Crippen molar-refractivity contribution in [2.75, 3.05) is 0 Å². The van der Waals surface area contributed by atoms with E-state index in [1.165, 1.54) is 0 Å². The summed E-state index contributed by atoms with van der Waals surface area (Å²) in [6, 6.07) is 5.28. The molecule has 1 aliphatic rings. The molecule has 16 heavy (non-hydrogen) atoms. The number of carbonyl (C=O) groups excluding carboxylic acids is 2. The molecule has 1 aromatic rings. The molecule has 0 saturated carbocycles. The lowest BCUT2D eigenvalue weighted by molar-refractivity contribution is -0.123. The number of hydrogen-bond acceptors (Lipinski definition) is 2. The first kappa shape index (κ1) is 11.4. The molecule has 0 radical (unpaired) electrons. The van der Waals surface area contributed by atoms with Gasteiger partial charge in [0.15, 0.2) is 0 Å². The first-order valence-corrected chi connectivity index (χ1v) is 5.91. The summed E-state index contributed by atoms with van der Waals surface area (Å²) in [5.41, 5.74) is 0.994. The normalized spacial score (nSPS) is 24.2. The minimum Gasteiger partial charge on any atom is -0.320 e. The Morgan fingerprint density at radius 1 is 1.31 bits per heavy atom. The van der Waals surface area contributed by atoms with Crippen LogP contribution in [0.5, 0.6) is 0 Å². The van der Waals surface area contributed by atoms with Crippen molar-refractivity contribution < 1.29 is 9.59 Å². The summed E-state index contributed by atoms with van der Waals surface area (Å²) >= 11 is 2.21. The smallest absolute Gasteiger partial charge is 0.320 e. The van der Waals surface area contributed by atoms with E-state index in [0.717, 1.165) is 14.7 Å². The second kappa shape index (κ2) is 3.73. The molecular formula is C11H11IN2O2. The summed E-state index contributed by atoms with van der Waals surface area (Å²) in [6.07, 6.45) is 0. The van der Waals surface area contributed by atoms with E-state index in [4.69, 9.17) is 0 Å². The molecular weight excluding hydrogens is 319 g/mol. The minimum absolute atomic E-state index is 0.308. The highest BCUT2D eigenvalue weighted by molar-refractivity contribution is 14.1. The maximum Gasteiger partial charge on any atom is 0.322 e. The fourth-order valence-electron chi connectivity index (χ4n) is 1.65. The van der Waals surface area contributed by atoms with Gasteiger partial charge in [-0.15, -0.1) is 0 Å². The Morgan fingerprint density at radius 2 is 2.00 bits per heavy atom. The number of carbonyl (C=O) groups is 2.